The molecule has 0 spiro atoms. The fourth-order valence-electron chi connectivity index (χ4n) is 3.07. The Morgan fingerprint density at radius 2 is 2.11 bits per heavy atom. The molecule has 1 N–H and O–H groups in total. The van der Waals surface area contributed by atoms with Crippen LogP contribution in [0.4, 0.5) is 0 Å². The van der Waals surface area contributed by atoms with Crippen LogP contribution in [0.5, 0.6) is 5.75 Å². The predicted octanol–water partition coefficient (Wildman–Crippen LogP) is 3.96. The molecule has 0 atom stereocenters. The lowest BCUT2D eigenvalue weighted by Crippen LogP contribution is -2.24. The van der Waals surface area contributed by atoms with Gasteiger partial charge in [-0.15, -0.1) is 0 Å². The van der Waals surface area contributed by atoms with Crippen LogP contribution < -0.4 is 10.1 Å². The predicted molar refractivity (Wildman–Crippen MR) is 110 cm³/mol. The van der Waals surface area contributed by atoms with Gasteiger partial charge in [0.2, 0.25) is 0 Å². The molecule has 0 unspecified atom stereocenters. The van der Waals surface area contributed by atoms with E-state index in [0.717, 1.165) is 34.7 Å². The highest BCUT2D eigenvalue weighted by molar-refractivity contribution is 7.08. The van der Waals surface area contributed by atoms with Crippen LogP contribution in [-0.4, -0.2) is 27.6 Å². The van der Waals surface area contributed by atoms with Gasteiger partial charge in [-0.05, 0) is 30.0 Å². The molecule has 0 saturated carbocycles. The lowest BCUT2D eigenvalue weighted by molar-refractivity contribution is 0.0945. The minimum atomic E-state index is -0.221. The largest absolute Gasteiger partial charge is 0.496 e. The number of hydrogen-bond donors (Lipinski definition) is 1. The van der Waals surface area contributed by atoms with Crippen molar-refractivity contribution in [3.63, 3.8) is 0 Å². The van der Waals surface area contributed by atoms with Crippen molar-refractivity contribution in [2.24, 2.45) is 0 Å². The van der Waals surface area contributed by atoms with Crippen molar-refractivity contribution >= 4 is 22.9 Å². The van der Waals surface area contributed by atoms with Gasteiger partial charge >= 0.3 is 0 Å². The van der Waals surface area contributed by atoms with Crippen molar-refractivity contribution in [1.29, 1.82) is 0 Å². The minimum absolute atomic E-state index is 0.221. The van der Waals surface area contributed by atoms with E-state index in [9.17, 15) is 4.79 Å². The van der Waals surface area contributed by atoms with E-state index >= 15 is 0 Å². The second-order valence-electron chi connectivity index (χ2n) is 6.29. The van der Waals surface area contributed by atoms with Crippen molar-refractivity contribution in [2.75, 3.05) is 7.11 Å². The van der Waals surface area contributed by atoms with Gasteiger partial charge in [-0.2, -0.15) is 16.4 Å². The summed E-state index contributed by atoms with van der Waals surface area (Å²) in [5, 5.41) is 11.7. The molecule has 3 heterocycles. The van der Waals surface area contributed by atoms with Crippen LogP contribution in [0, 0.1) is 0 Å². The first-order valence-electron chi connectivity index (χ1n) is 9.02. The third-order valence-electron chi connectivity index (χ3n) is 4.54. The van der Waals surface area contributed by atoms with Gasteiger partial charge in [-0.25, -0.2) is 9.50 Å². The number of methoxy groups -OCH3 is 1. The number of thiophene rings is 1. The fourth-order valence-corrected chi connectivity index (χ4v) is 3.72. The number of rotatable bonds is 6. The number of aryl methyl sites for hydroxylation is 1. The summed E-state index contributed by atoms with van der Waals surface area (Å²) in [5.74, 6) is 0.526. The van der Waals surface area contributed by atoms with E-state index in [-0.39, 0.29) is 5.91 Å². The van der Waals surface area contributed by atoms with Gasteiger partial charge in [-0.3, -0.25) is 4.79 Å². The first-order valence-corrected chi connectivity index (χ1v) is 9.96. The lowest BCUT2D eigenvalue weighted by Gasteiger charge is -2.10. The van der Waals surface area contributed by atoms with Gasteiger partial charge in [-0.1, -0.05) is 25.1 Å². The maximum absolute atomic E-state index is 12.7. The molecule has 3 aromatic heterocycles. The topological polar surface area (TPSA) is 68.5 Å². The van der Waals surface area contributed by atoms with Crippen LogP contribution in [0.25, 0.3) is 16.9 Å². The molecular formula is C21H20N4O2S. The van der Waals surface area contributed by atoms with Crippen LogP contribution in [-0.2, 0) is 13.0 Å². The van der Waals surface area contributed by atoms with Crippen LogP contribution in [0.15, 0.2) is 53.2 Å². The summed E-state index contributed by atoms with van der Waals surface area (Å²) in [6, 6.07) is 13.4. The quantitative estimate of drug-likeness (QED) is 0.539. The second kappa shape index (κ2) is 7.82. The van der Waals surface area contributed by atoms with Gasteiger partial charge in [0.15, 0.2) is 5.65 Å². The monoisotopic (exact) mass is 392 g/mol. The second-order valence-corrected chi connectivity index (χ2v) is 7.07. The first-order chi connectivity index (χ1) is 13.7. The van der Waals surface area contributed by atoms with Crippen LogP contribution in [0.3, 0.4) is 0 Å². The zero-order valence-electron chi connectivity index (χ0n) is 15.7. The van der Waals surface area contributed by atoms with E-state index in [1.807, 2.05) is 58.6 Å². The van der Waals surface area contributed by atoms with Crippen LogP contribution >= 0.6 is 11.3 Å². The molecule has 0 aliphatic carbocycles. The molecule has 0 saturated heterocycles. The Morgan fingerprint density at radius 3 is 2.86 bits per heavy atom. The van der Waals surface area contributed by atoms with Crippen molar-refractivity contribution in [2.45, 2.75) is 19.9 Å². The summed E-state index contributed by atoms with van der Waals surface area (Å²) in [7, 11) is 1.62. The van der Waals surface area contributed by atoms with E-state index < -0.39 is 0 Å². The Labute approximate surface area is 166 Å². The maximum atomic E-state index is 12.7. The van der Waals surface area contributed by atoms with E-state index in [1.54, 1.807) is 24.5 Å². The molecule has 7 heteroatoms. The van der Waals surface area contributed by atoms with Crippen molar-refractivity contribution in [1.82, 2.24) is 19.9 Å². The highest BCUT2D eigenvalue weighted by Gasteiger charge is 2.15. The average molecular weight is 392 g/mol. The molecule has 142 valence electrons. The molecule has 1 aromatic carbocycles. The van der Waals surface area contributed by atoms with Gasteiger partial charge in [0, 0.05) is 34.8 Å². The lowest BCUT2D eigenvalue weighted by atomic mass is 10.2. The molecule has 1 amide bonds. The van der Waals surface area contributed by atoms with Gasteiger partial charge in [0.1, 0.15) is 11.4 Å². The number of nitrogens with one attached hydrogen (secondary N) is 1. The molecule has 6 nitrogen and oxygen atoms in total. The van der Waals surface area contributed by atoms with Crippen molar-refractivity contribution in [3.8, 4) is 17.0 Å². The Balaban J connectivity index is 1.61. The SMILES string of the molecule is CCc1cc(C(=O)NCc2ccccc2OC)nc2cc(-c3ccsc3)nn12. The minimum Gasteiger partial charge on any atom is -0.496 e. The summed E-state index contributed by atoms with van der Waals surface area (Å²) in [5.41, 5.74) is 4.82. The number of para-hydroxylation sites is 1. The summed E-state index contributed by atoms with van der Waals surface area (Å²) in [4.78, 5) is 17.3. The molecule has 0 aliphatic heterocycles. The van der Waals surface area contributed by atoms with E-state index in [4.69, 9.17) is 4.74 Å². The van der Waals surface area contributed by atoms with E-state index in [1.165, 1.54) is 0 Å². The fraction of sp³-hybridized carbons (Fsp3) is 0.190. The number of fused-ring (bicyclic) bond motifs is 1. The summed E-state index contributed by atoms with van der Waals surface area (Å²) < 4.78 is 7.15. The average Bonchev–Trinajstić information content (AvgIpc) is 3.40. The number of aromatic nitrogens is 3. The number of ether oxygens (including phenoxy) is 1. The number of hydrogen-bond acceptors (Lipinski definition) is 5. The molecule has 0 fully saturated rings. The summed E-state index contributed by atoms with van der Waals surface area (Å²) >= 11 is 1.63. The maximum Gasteiger partial charge on any atom is 0.270 e. The molecule has 0 aliphatic rings. The molecule has 0 bridgehead atoms. The van der Waals surface area contributed by atoms with Crippen molar-refractivity contribution in [3.05, 3.63) is 70.2 Å². The molecule has 4 aromatic rings. The standard InChI is InChI=1S/C21H20N4O2S/c1-3-16-10-18(21(26)22-12-14-6-4-5-7-19(14)27-2)23-20-11-17(24-25(16)20)15-8-9-28-13-15/h4-11,13H,3,12H2,1-2H3,(H,22,26). The highest BCUT2D eigenvalue weighted by atomic mass is 32.1. The van der Waals surface area contributed by atoms with E-state index in [0.29, 0.717) is 17.9 Å². The number of carbonyl (C=O) groups excluding carboxylic acids is 1. The zero-order chi connectivity index (χ0) is 19.5. The smallest absolute Gasteiger partial charge is 0.270 e. The zero-order valence-corrected chi connectivity index (χ0v) is 16.5. The Morgan fingerprint density at radius 1 is 1.25 bits per heavy atom. The van der Waals surface area contributed by atoms with Gasteiger partial charge in [0.05, 0.1) is 12.8 Å². The molecule has 4 rings (SSSR count). The molecule has 28 heavy (non-hydrogen) atoms. The number of nitrogens with zero attached hydrogens (tertiary/aromatic N) is 3. The Hall–Kier alpha value is -3.19. The summed E-state index contributed by atoms with van der Waals surface area (Å²) in [6.07, 6.45) is 0.747. The van der Waals surface area contributed by atoms with Crippen LogP contribution in [0.1, 0.15) is 28.7 Å². The van der Waals surface area contributed by atoms with E-state index in [2.05, 4.69) is 15.4 Å². The summed E-state index contributed by atoms with van der Waals surface area (Å²) in [6.45, 7) is 2.41. The first kappa shape index (κ1) is 18.2. The number of amides is 1. The number of carbonyl (C=O) groups is 1. The number of benzene rings is 1. The van der Waals surface area contributed by atoms with Gasteiger partial charge in [0.25, 0.3) is 5.91 Å². The third kappa shape index (κ3) is 3.48. The highest BCUT2D eigenvalue weighted by Crippen LogP contribution is 2.23. The Bertz CT molecular complexity index is 1120. The normalized spacial score (nSPS) is 10.9. The van der Waals surface area contributed by atoms with Gasteiger partial charge < -0.3 is 10.1 Å². The third-order valence-corrected chi connectivity index (χ3v) is 5.23. The molecule has 0 radical (unpaired) electrons. The van der Waals surface area contributed by atoms with Crippen molar-refractivity contribution < 1.29 is 9.53 Å². The van der Waals surface area contributed by atoms with Crippen LogP contribution in [0.2, 0.25) is 0 Å². The molecular weight excluding hydrogens is 372 g/mol. The Kier molecular flexibility index (Phi) is 5.08.